The van der Waals surface area contributed by atoms with E-state index in [0.29, 0.717) is 17.8 Å². The number of hydrogen-bond donors (Lipinski definition) is 2. The molecular formula is C47H60N12O3. The van der Waals surface area contributed by atoms with Crippen LogP contribution in [0.1, 0.15) is 31.2 Å². The van der Waals surface area contributed by atoms with Crippen LogP contribution in [0.3, 0.4) is 0 Å². The van der Waals surface area contributed by atoms with Gasteiger partial charge in [-0.15, -0.1) is 0 Å². The molecular weight excluding hydrogens is 781 g/mol. The summed E-state index contributed by atoms with van der Waals surface area (Å²) in [6.45, 7) is 12.5. The number of aryl methyl sites for hydroxylation is 1. The fraction of sp³-hybridized carbons (Fsp3) is 0.489. The van der Waals surface area contributed by atoms with Gasteiger partial charge in [0, 0.05) is 124 Å². The van der Waals surface area contributed by atoms with Crippen LogP contribution in [-0.4, -0.2) is 137 Å². The van der Waals surface area contributed by atoms with E-state index in [9.17, 15) is 0 Å². The normalized spacial score (nSPS) is 21.9. The van der Waals surface area contributed by atoms with Gasteiger partial charge in [-0.2, -0.15) is 9.97 Å². The highest BCUT2D eigenvalue weighted by Gasteiger charge is 2.37. The summed E-state index contributed by atoms with van der Waals surface area (Å²) in [6.07, 6.45) is 12.6. The molecule has 4 aliphatic heterocycles. The number of rotatable bonds is 12. The first-order valence-corrected chi connectivity index (χ1v) is 22.4. The van der Waals surface area contributed by atoms with E-state index in [1.54, 1.807) is 7.11 Å². The second-order valence-corrected chi connectivity index (χ2v) is 17.7. The van der Waals surface area contributed by atoms with Crippen molar-refractivity contribution in [3.05, 3.63) is 78.9 Å². The van der Waals surface area contributed by atoms with Crippen LogP contribution in [0, 0.1) is 12.8 Å². The number of aromatic nitrogens is 6. The van der Waals surface area contributed by atoms with Crippen LogP contribution in [0.4, 0.5) is 34.6 Å². The Balaban J connectivity index is 0.775. The molecule has 62 heavy (non-hydrogen) atoms. The van der Waals surface area contributed by atoms with Crippen molar-refractivity contribution in [1.82, 2.24) is 38.9 Å². The first kappa shape index (κ1) is 40.6. The molecule has 2 N–H and O–H groups in total. The summed E-state index contributed by atoms with van der Waals surface area (Å²) in [5.74, 6) is 2.50. The summed E-state index contributed by atoms with van der Waals surface area (Å²) < 4.78 is 22.9. The van der Waals surface area contributed by atoms with Crippen molar-refractivity contribution in [2.45, 2.75) is 63.9 Å². The minimum atomic E-state index is 0.101. The van der Waals surface area contributed by atoms with E-state index in [-0.39, 0.29) is 18.2 Å². The average Bonchev–Trinajstić information content (AvgIpc) is 4.02. The van der Waals surface area contributed by atoms with Crippen LogP contribution in [-0.2, 0) is 22.6 Å². The maximum absolute atomic E-state index is 6.91. The Morgan fingerprint density at radius 3 is 2.34 bits per heavy atom. The first-order valence-electron chi connectivity index (χ1n) is 22.4. The quantitative estimate of drug-likeness (QED) is 0.139. The Morgan fingerprint density at radius 1 is 0.758 bits per heavy atom. The molecule has 0 saturated carbocycles. The lowest BCUT2D eigenvalue weighted by atomic mass is 10.0. The zero-order valence-corrected chi connectivity index (χ0v) is 36.5. The Labute approximate surface area is 364 Å². The molecule has 4 aromatic heterocycles. The van der Waals surface area contributed by atoms with Crippen molar-refractivity contribution < 1.29 is 14.2 Å². The van der Waals surface area contributed by atoms with Gasteiger partial charge in [0.2, 0.25) is 11.9 Å². The zero-order valence-electron chi connectivity index (χ0n) is 36.5. The third kappa shape index (κ3) is 8.63. The topological polar surface area (TPSA) is 126 Å². The predicted molar refractivity (Wildman–Crippen MR) is 246 cm³/mol. The van der Waals surface area contributed by atoms with Crippen molar-refractivity contribution in [1.29, 1.82) is 0 Å². The highest BCUT2D eigenvalue weighted by Crippen LogP contribution is 2.35. The summed E-state index contributed by atoms with van der Waals surface area (Å²) >= 11 is 0. The number of hydrogen-bond acceptors (Lipinski definition) is 13. The lowest BCUT2D eigenvalue weighted by Crippen LogP contribution is -2.56. The van der Waals surface area contributed by atoms with Gasteiger partial charge in [0.05, 0.1) is 37.6 Å². The Kier molecular flexibility index (Phi) is 11.6. The standard InChI is InChI=1S/C47H60N12O3/c1-32-28-59(45-39(32)27-49-46(53-45)50-35-5-7-36(8-6-35)56-20-17-54(2)18-21-56)30-38-10-12-42(62-38)41-31-57(22-19-55(41)3)37-9-11-40(43(25-37)60-4)51-47-48-26-34-13-16-58(44(34)52-47)29-33-14-23-61-24-15-33/h5-9,11,13,16,25-28,33,38,41-42H,10,12,14-15,17-24,29-31H2,1-4H3,(H,48,51,52)(H,49,50,53). The maximum atomic E-state index is 6.91. The molecule has 2 aromatic carbocycles. The summed E-state index contributed by atoms with van der Waals surface area (Å²) in [6, 6.07) is 17.4. The minimum Gasteiger partial charge on any atom is -0.494 e. The lowest BCUT2D eigenvalue weighted by Gasteiger charge is -2.43. The SMILES string of the molecule is COc1cc(N2CCN(C)C(C3CCC(Cn4cc(C)c5cnc(Nc6ccc(N7CCN(C)CC7)cc6)nc54)O3)C2)ccc1Nc1ncc2ccn(CC3CCOCC3)c2n1. The van der Waals surface area contributed by atoms with Gasteiger partial charge in [-0.1, -0.05) is 0 Å². The molecule has 4 saturated heterocycles. The molecule has 15 heteroatoms. The number of benzene rings is 2. The molecule has 15 nitrogen and oxygen atoms in total. The largest absolute Gasteiger partial charge is 0.494 e. The van der Waals surface area contributed by atoms with Crippen LogP contribution < -0.4 is 25.2 Å². The van der Waals surface area contributed by atoms with Gasteiger partial charge in [-0.3, -0.25) is 4.90 Å². The fourth-order valence-corrected chi connectivity index (χ4v) is 9.78. The van der Waals surface area contributed by atoms with Gasteiger partial charge in [-0.25, -0.2) is 9.97 Å². The number of anilines is 6. The summed E-state index contributed by atoms with van der Waals surface area (Å²) in [7, 11) is 6.14. The second-order valence-electron chi connectivity index (χ2n) is 17.7. The number of fused-ring (bicyclic) bond motifs is 2. The molecule has 0 amide bonds. The smallest absolute Gasteiger partial charge is 0.229 e. The lowest BCUT2D eigenvalue weighted by molar-refractivity contribution is -0.0147. The number of nitrogens with zero attached hydrogens (tertiary/aromatic N) is 10. The molecule has 0 spiro atoms. The van der Waals surface area contributed by atoms with E-state index < -0.39 is 0 Å². The average molecular weight is 841 g/mol. The van der Waals surface area contributed by atoms with Gasteiger partial charge < -0.3 is 48.7 Å². The van der Waals surface area contributed by atoms with E-state index in [2.05, 4.69) is 126 Å². The van der Waals surface area contributed by atoms with Gasteiger partial charge >= 0.3 is 0 Å². The van der Waals surface area contributed by atoms with Crippen molar-refractivity contribution >= 4 is 56.7 Å². The Bertz CT molecular complexity index is 2470. The molecule has 3 unspecified atom stereocenters. The molecule has 8 heterocycles. The first-order chi connectivity index (χ1) is 30.3. The van der Waals surface area contributed by atoms with Crippen molar-refractivity contribution in [3.63, 3.8) is 0 Å². The molecule has 4 fully saturated rings. The van der Waals surface area contributed by atoms with Crippen LogP contribution in [0.25, 0.3) is 22.1 Å². The Morgan fingerprint density at radius 2 is 1.52 bits per heavy atom. The summed E-state index contributed by atoms with van der Waals surface area (Å²) in [4.78, 5) is 29.1. The van der Waals surface area contributed by atoms with E-state index in [0.717, 1.165) is 143 Å². The van der Waals surface area contributed by atoms with E-state index in [4.69, 9.17) is 29.2 Å². The third-order valence-electron chi connectivity index (χ3n) is 13.6. The van der Waals surface area contributed by atoms with Gasteiger partial charge in [0.25, 0.3) is 0 Å². The summed E-state index contributed by atoms with van der Waals surface area (Å²) in [5.41, 5.74) is 7.24. The highest BCUT2D eigenvalue weighted by atomic mass is 16.5. The number of nitrogens with one attached hydrogen (secondary N) is 2. The van der Waals surface area contributed by atoms with E-state index in [1.165, 1.54) is 11.3 Å². The Hall–Kier alpha value is -5.48. The molecule has 6 aromatic rings. The van der Waals surface area contributed by atoms with Gasteiger partial charge in [0.15, 0.2) is 0 Å². The fourth-order valence-electron chi connectivity index (χ4n) is 9.78. The van der Waals surface area contributed by atoms with Crippen LogP contribution >= 0.6 is 0 Å². The number of ether oxygens (including phenoxy) is 3. The predicted octanol–water partition coefficient (Wildman–Crippen LogP) is 6.53. The molecule has 0 aliphatic carbocycles. The maximum Gasteiger partial charge on any atom is 0.229 e. The van der Waals surface area contributed by atoms with Crippen LogP contribution in [0.5, 0.6) is 5.75 Å². The molecule has 326 valence electrons. The number of piperazine rings is 2. The van der Waals surface area contributed by atoms with Crippen molar-refractivity contribution in [3.8, 4) is 5.75 Å². The summed E-state index contributed by atoms with van der Waals surface area (Å²) in [5, 5.41) is 9.01. The highest BCUT2D eigenvalue weighted by molar-refractivity contribution is 5.81. The minimum absolute atomic E-state index is 0.101. The molecule has 3 atom stereocenters. The van der Waals surface area contributed by atoms with Crippen LogP contribution in [0.15, 0.2) is 73.3 Å². The van der Waals surface area contributed by atoms with Crippen molar-refractivity contribution in [2.75, 3.05) is 101 Å². The third-order valence-corrected chi connectivity index (χ3v) is 13.6. The van der Waals surface area contributed by atoms with E-state index >= 15 is 0 Å². The van der Waals surface area contributed by atoms with Gasteiger partial charge in [0.1, 0.15) is 17.0 Å². The number of methoxy groups -OCH3 is 1. The molecule has 0 radical (unpaired) electrons. The monoisotopic (exact) mass is 840 g/mol. The molecule has 4 aliphatic rings. The van der Waals surface area contributed by atoms with Crippen LogP contribution in [0.2, 0.25) is 0 Å². The molecule has 0 bridgehead atoms. The zero-order chi connectivity index (χ0) is 42.2. The molecule has 10 rings (SSSR count). The number of likely N-dealkylation sites (N-methyl/N-ethyl adjacent to an activating group) is 2. The second kappa shape index (κ2) is 17.7. The van der Waals surface area contributed by atoms with Crippen molar-refractivity contribution in [2.24, 2.45) is 5.92 Å². The van der Waals surface area contributed by atoms with E-state index in [1.807, 2.05) is 12.4 Å². The van der Waals surface area contributed by atoms with Gasteiger partial charge in [-0.05, 0) is 101 Å².